The first-order valence-corrected chi connectivity index (χ1v) is 10.7. The van der Waals surface area contributed by atoms with Crippen molar-refractivity contribution in [2.75, 3.05) is 33.2 Å². The van der Waals surface area contributed by atoms with Gasteiger partial charge in [-0.1, -0.05) is 55.5 Å². The van der Waals surface area contributed by atoms with Crippen LogP contribution < -0.4 is 10.2 Å². The summed E-state index contributed by atoms with van der Waals surface area (Å²) in [6.45, 7) is 3.23. The predicted molar refractivity (Wildman–Crippen MR) is 119 cm³/mol. The van der Waals surface area contributed by atoms with E-state index >= 15 is 0 Å². The van der Waals surface area contributed by atoms with E-state index in [-0.39, 0.29) is 28.0 Å². The Morgan fingerprint density at radius 2 is 1.24 bits per heavy atom. The van der Waals surface area contributed by atoms with Gasteiger partial charge >= 0.3 is 16.5 Å². The standard InChI is InChI=1S/C21H25Br2N3O2.Ni/c1-26(10-2-8-24-14-16-12-18(22)4-6-20(16)27)11-3-9-25-15-17-13-19(23)5-7-21(17)28;/h4-7,12-15,27-28H,2-3,8-11H2,1H3;/q;+2/p-2. The van der Waals surface area contributed by atoms with E-state index in [0.717, 1.165) is 34.9 Å². The topological polar surface area (TPSA) is 74.1 Å². The number of hydrogen-bond acceptors (Lipinski definition) is 5. The molecule has 5 nitrogen and oxygen atoms in total. The van der Waals surface area contributed by atoms with E-state index in [4.69, 9.17) is 0 Å². The van der Waals surface area contributed by atoms with Gasteiger partial charge in [-0.2, -0.15) is 0 Å². The Labute approximate surface area is 199 Å². The van der Waals surface area contributed by atoms with Crippen molar-refractivity contribution >= 4 is 44.3 Å². The third-order valence-corrected chi connectivity index (χ3v) is 5.05. The van der Waals surface area contributed by atoms with Crippen LogP contribution in [0.1, 0.15) is 24.0 Å². The van der Waals surface area contributed by atoms with Crippen LogP contribution in [0.5, 0.6) is 11.5 Å². The summed E-state index contributed by atoms with van der Waals surface area (Å²) < 4.78 is 1.75. The van der Waals surface area contributed by atoms with Crippen molar-refractivity contribution in [1.82, 2.24) is 4.90 Å². The second-order valence-electron chi connectivity index (χ2n) is 6.45. The third-order valence-electron chi connectivity index (χ3n) is 4.06. The molecule has 2 aromatic rings. The molecule has 2 rings (SSSR count). The molecule has 0 aromatic heterocycles. The second kappa shape index (κ2) is 13.9. The molecule has 0 fully saturated rings. The number of hydrogen-bond donors (Lipinski definition) is 0. The summed E-state index contributed by atoms with van der Waals surface area (Å²) in [5.74, 6) is -0.0341. The minimum absolute atomic E-state index is 0. The van der Waals surface area contributed by atoms with Gasteiger partial charge in [-0.3, -0.25) is 9.98 Å². The summed E-state index contributed by atoms with van der Waals surface area (Å²) in [6, 6.07) is 10.1. The van der Waals surface area contributed by atoms with E-state index < -0.39 is 0 Å². The molecule has 0 bridgehead atoms. The van der Waals surface area contributed by atoms with E-state index in [2.05, 4.69) is 53.8 Å². The third kappa shape index (κ3) is 9.90. The molecule has 0 heterocycles. The fourth-order valence-electron chi connectivity index (χ4n) is 2.54. The molecule has 0 amide bonds. The molecule has 0 aliphatic heterocycles. The maximum Gasteiger partial charge on any atom is 2.00 e. The van der Waals surface area contributed by atoms with Gasteiger partial charge in [0.25, 0.3) is 0 Å². The molecule has 158 valence electrons. The zero-order valence-electron chi connectivity index (χ0n) is 16.1. The quantitative estimate of drug-likeness (QED) is 0.250. The van der Waals surface area contributed by atoms with Crippen molar-refractivity contribution in [2.45, 2.75) is 12.8 Å². The van der Waals surface area contributed by atoms with Crippen molar-refractivity contribution in [3.8, 4) is 11.5 Å². The molecular weight excluding hydrogens is 545 g/mol. The van der Waals surface area contributed by atoms with Gasteiger partial charge in [0.2, 0.25) is 0 Å². The maximum absolute atomic E-state index is 11.7. The first-order valence-electron chi connectivity index (χ1n) is 9.07. The van der Waals surface area contributed by atoms with E-state index in [0.29, 0.717) is 24.2 Å². The number of aliphatic imine (C=N–C) groups is 2. The van der Waals surface area contributed by atoms with Gasteiger partial charge in [-0.25, -0.2) is 0 Å². The van der Waals surface area contributed by atoms with Crippen LogP contribution in [0.4, 0.5) is 0 Å². The molecule has 2 aromatic carbocycles. The molecule has 0 aliphatic carbocycles. The van der Waals surface area contributed by atoms with Gasteiger partial charge in [-0.15, -0.1) is 0 Å². The number of rotatable bonds is 10. The molecule has 0 atom stereocenters. The minimum Gasteiger partial charge on any atom is -0.872 e. The maximum atomic E-state index is 11.7. The van der Waals surface area contributed by atoms with Gasteiger partial charge in [0.15, 0.2) is 0 Å². The van der Waals surface area contributed by atoms with Gasteiger partial charge in [0.05, 0.1) is 0 Å². The van der Waals surface area contributed by atoms with Crippen molar-refractivity contribution in [1.29, 1.82) is 0 Å². The van der Waals surface area contributed by atoms with Crippen LogP contribution in [0.2, 0.25) is 0 Å². The molecule has 0 spiro atoms. The summed E-state index contributed by atoms with van der Waals surface area (Å²) in [6.07, 6.45) is 5.15. The fraction of sp³-hybridized carbons (Fsp3) is 0.333. The van der Waals surface area contributed by atoms with Crippen LogP contribution >= 0.6 is 31.9 Å². The van der Waals surface area contributed by atoms with E-state index in [1.807, 2.05) is 0 Å². The second-order valence-corrected chi connectivity index (χ2v) is 8.28. The van der Waals surface area contributed by atoms with E-state index in [1.165, 1.54) is 12.1 Å². The fourth-order valence-corrected chi connectivity index (χ4v) is 3.30. The molecular formula is C21H23Br2N3NiO2. The summed E-state index contributed by atoms with van der Waals surface area (Å²) in [5.41, 5.74) is 1.21. The Kier molecular flexibility index (Phi) is 12.4. The van der Waals surface area contributed by atoms with Gasteiger partial charge < -0.3 is 15.1 Å². The zero-order chi connectivity index (χ0) is 20.4. The Hall–Kier alpha value is -1.21. The zero-order valence-corrected chi connectivity index (χ0v) is 20.3. The molecule has 0 aliphatic rings. The summed E-state index contributed by atoms with van der Waals surface area (Å²) in [4.78, 5) is 10.9. The number of nitrogens with zero attached hydrogens (tertiary/aromatic N) is 3. The van der Waals surface area contributed by atoms with Crippen LogP contribution in [-0.4, -0.2) is 50.6 Å². The van der Waals surface area contributed by atoms with Crippen LogP contribution in [0.25, 0.3) is 0 Å². The summed E-state index contributed by atoms with van der Waals surface area (Å²) in [5, 5.41) is 23.4. The van der Waals surface area contributed by atoms with E-state index in [9.17, 15) is 10.2 Å². The monoisotopic (exact) mass is 565 g/mol. The Bertz CT molecular complexity index is 764. The van der Waals surface area contributed by atoms with Crippen LogP contribution in [0, 0.1) is 0 Å². The average molecular weight is 568 g/mol. The van der Waals surface area contributed by atoms with E-state index in [1.54, 1.807) is 36.7 Å². The summed E-state index contributed by atoms with van der Waals surface area (Å²) in [7, 11) is 2.07. The first-order chi connectivity index (χ1) is 13.5. The normalized spacial score (nSPS) is 11.4. The van der Waals surface area contributed by atoms with Gasteiger partial charge in [-0.05, 0) is 68.4 Å². The van der Waals surface area contributed by atoms with Crippen molar-refractivity contribution in [3.63, 3.8) is 0 Å². The Morgan fingerprint density at radius 3 is 1.66 bits per heavy atom. The number of benzene rings is 2. The van der Waals surface area contributed by atoms with Crippen LogP contribution in [0.3, 0.4) is 0 Å². The molecule has 0 N–H and O–H groups in total. The molecule has 8 heteroatoms. The number of halogens is 2. The van der Waals surface area contributed by atoms with Crippen molar-refractivity contribution < 1.29 is 26.7 Å². The predicted octanol–water partition coefficient (Wildman–Crippen LogP) is 3.61. The largest absolute Gasteiger partial charge is 2.00 e. The smallest absolute Gasteiger partial charge is 0.872 e. The average Bonchev–Trinajstić information content (AvgIpc) is 2.66. The molecule has 0 unspecified atom stereocenters. The molecule has 29 heavy (non-hydrogen) atoms. The Balaban J connectivity index is 0.00000420. The van der Waals surface area contributed by atoms with Gasteiger partial charge in [0, 0.05) is 34.5 Å². The Morgan fingerprint density at radius 1 is 0.828 bits per heavy atom. The van der Waals surface area contributed by atoms with Crippen LogP contribution in [-0.2, 0) is 16.5 Å². The van der Waals surface area contributed by atoms with Crippen molar-refractivity contribution in [3.05, 3.63) is 56.5 Å². The van der Waals surface area contributed by atoms with Crippen molar-refractivity contribution in [2.24, 2.45) is 9.98 Å². The SMILES string of the molecule is CN(CCCN=Cc1cc(Br)ccc1[O-])CCCN=Cc1cc(Br)ccc1[O-].[Ni+2]. The summed E-state index contributed by atoms with van der Waals surface area (Å²) >= 11 is 6.72. The van der Waals surface area contributed by atoms with Gasteiger partial charge in [0.1, 0.15) is 0 Å². The molecule has 0 saturated heterocycles. The minimum atomic E-state index is -0.0171. The first kappa shape index (κ1) is 25.8. The molecule has 0 saturated carbocycles. The molecule has 0 radical (unpaired) electrons. The van der Waals surface area contributed by atoms with Crippen LogP contribution in [0.15, 0.2) is 55.3 Å².